The zero-order chi connectivity index (χ0) is 12.3. The third-order valence-electron chi connectivity index (χ3n) is 3.83. The molecule has 0 saturated carbocycles. The Balaban J connectivity index is 2.39. The Bertz CT molecular complexity index is 822. The molecule has 0 aliphatic heterocycles. The van der Waals surface area contributed by atoms with Gasteiger partial charge in [-0.1, -0.05) is 42.5 Å². The second-order valence-corrected chi connectivity index (χ2v) is 4.72. The maximum absolute atomic E-state index is 11.6. The summed E-state index contributed by atoms with van der Waals surface area (Å²) in [4.78, 5) is 11.6. The van der Waals surface area contributed by atoms with Gasteiger partial charge in [-0.3, -0.25) is 0 Å². The molecule has 1 aliphatic carbocycles. The summed E-state index contributed by atoms with van der Waals surface area (Å²) in [5.41, 5.74) is 2.86. The molecule has 0 fully saturated rings. The molecule has 0 amide bonds. The van der Waals surface area contributed by atoms with E-state index in [-0.39, 0.29) is 0 Å². The molecule has 1 aliphatic rings. The fourth-order valence-corrected chi connectivity index (χ4v) is 3.14. The smallest absolute Gasteiger partial charge is 0.336 e. The third-order valence-corrected chi connectivity index (χ3v) is 3.83. The van der Waals surface area contributed by atoms with Crippen LogP contribution in [-0.2, 0) is 6.42 Å². The highest BCUT2D eigenvalue weighted by Crippen LogP contribution is 2.41. The van der Waals surface area contributed by atoms with E-state index >= 15 is 0 Å². The number of carbonyl (C=O) groups is 1. The number of hydrogen-bond donors (Lipinski definition) is 1. The van der Waals surface area contributed by atoms with Gasteiger partial charge in [0, 0.05) is 5.39 Å². The molecule has 0 radical (unpaired) electrons. The van der Waals surface area contributed by atoms with Crippen molar-refractivity contribution in [1.29, 1.82) is 0 Å². The van der Waals surface area contributed by atoms with Crippen molar-refractivity contribution in [3.8, 4) is 0 Å². The van der Waals surface area contributed by atoms with Crippen LogP contribution in [0.4, 0.5) is 0 Å². The average molecular weight is 234 g/mol. The molecule has 3 aromatic carbocycles. The monoisotopic (exact) mass is 234 g/mol. The van der Waals surface area contributed by atoms with E-state index in [4.69, 9.17) is 0 Å². The number of hydrogen-bond acceptors (Lipinski definition) is 1. The molecular weight excluding hydrogens is 224 g/mol. The summed E-state index contributed by atoms with van der Waals surface area (Å²) >= 11 is 0. The minimum absolute atomic E-state index is 0.456. The lowest BCUT2D eigenvalue weighted by atomic mass is 9.96. The molecule has 0 saturated heterocycles. The van der Waals surface area contributed by atoms with Gasteiger partial charge in [0.25, 0.3) is 0 Å². The molecule has 3 aromatic rings. The van der Waals surface area contributed by atoms with Gasteiger partial charge in [0.05, 0.1) is 5.56 Å². The van der Waals surface area contributed by atoms with Crippen molar-refractivity contribution in [3.05, 3.63) is 59.2 Å². The van der Waals surface area contributed by atoms with Gasteiger partial charge in [0.2, 0.25) is 0 Å². The number of fused-ring (bicyclic) bond motifs is 2. The van der Waals surface area contributed by atoms with Gasteiger partial charge in [-0.2, -0.15) is 0 Å². The van der Waals surface area contributed by atoms with E-state index in [2.05, 4.69) is 0 Å². The first kappa shape index (κ1) is 9.66. The lowest BCUT2D eigenvalue weighted by molar-refractivity contribution is 0.0701. The number of rotatable bonds is 1. The molecule has 86 valence electrons. The quantitative estimate of drug-likeness (QED) is 0.511. The van der Waals surface area contributed by atoms with Gasteiger partial charge < -0.3 is 5.11 Å². The van der Waals surface area contributed by atoms with Crippen LogP contribution in [0, 0.1) is 0 Å². The van der Waals surface area contributed by atoms with Gasteiger partial charge in [0.15, 0.2) is 0 Å². The van der Waals surface area contributed by atoms with Crippen molar-refractivity contribution in [1.82, 2.24) is 0 Å². The number of carboxylic acids is 1. The summed E-state index contributed by atoms with van der Waals surface area (Å²) in [5, 5.41) is 13.5. The molecule has 18 heavy (non-hydrogen) atoms. The first-order chi connectivity index (χ1) is 8.77. The maximum Gasteiger partial charge on any atom is 0.336 e. The maximum atomic E-state index is 11.6. The molecular formula is C16H10O2. The van der Waals surface area contributed by atoms with Crippen LogP contribution in [0.5, 0.6) is 0 Å². The van der Waals surface area contributed by atoms with Crippen molar-refractivity contribution in [2.75, 3.05) is 0 Å². The Kier molecular flexibility index (Phi) is 1.67. The Hall–Kier alpha value is -2.35. The Morgan fingerprint density at radius 1 is 0.944 bits per heavy atom. The van der Waals surface area contributed by atoms with Gasteiger partial charge in [-0.05, 0) is 33.7 Å². The van der Waals surface area contributed by atoms with E-state index in [1.54, 1.807) is 0 Å². The standard InChI is InChI=1S/C16H10O2/c17-16(18)15-11-6-2-1-5-10(11)13-8-9-4-3-7-12(13)14(9)15/h1-7H,8H2,(H,17,18). The fraction of sp³-hybridized carbons (Fsp3) is 0.0625. The Morgan fingerprint density at radius 2 is 1.67 bits per heavy atom. The Morgan fingerprint density at radius 3 is 2.44 bits per heavy atom. The average Bonchev–Trinajstić information content (AvgIpc) is 2.55. The highest BCUT2D eigenvalue weighted by molar-refractivity contribution is 6.20. The fourth-order valence-electron chi connectivity index (χ4n) is 3.14. The van der Waals surface area contributed by atoms with E-state index in [1.165, 1.54) is 5.56 Å². The van der Waals surface area contributed by atoms with Crippen LogP contribution in [0.15, 0.2) is 42.5 Å². The largest absolute Gasteiger partial charge is 0.478 e. The van der Waals surface area contributed by atoms with E-state index in [9.17, 15) is 9.90 Å². The van der Waals surface area contributed by atoms with Crippen LogP contribution in [0.25, 0.3) is 21.5 Å². The minimum atomic E-state index is -0.836. The lowest BCUT2D eigenvalue weighted by Crippen LogP contribution is -1.99. The summed E-state index contributed by atoms with van der Waals surface area (Å²) in [5.74, 6) is -0.836. The summed E-state index contributed by atoms with van der Waals surface area (Å²) in [7, 11) is 0. The molecule has 0 heterocycles. The summed E-state index contributed by atoms with van der Waals surface area (Å²) in [6, 6.07) is 13.9. The first-order valence-electron chi connectivity index (χ1n) is 5.96. The topological polar surface area (TPSA) is 37.3 Å². The SMILES string of the molecule is O=C(O)c1c2ccccc2c2c3cccc(c13)C2. The Labute approximate surface area is 103 Å². The summed E-state index contributed by atoms with van der Waals surface area (Å²) < 4.78 is 0. The van der Waals surface area contributed by atoms with E-state index in [0.29, 0.717) is 5.56 Å². The minimum Gasteiger partial charge on any atom is -0.478 e. The highest BCUT2D eigenvalue weighted by atomic mass is 16.4. The molecule has 2 heteroatoms. The van der Waals surface area contributed by atoms with Gasteiger partial charge >= 0.3 is 5.97 Å². The molecule has 0 aromatic heterocycles. The zero-order valence-electron chi connectivity index (χ0n) is 9.60. The van der Waals surface area contributed by atoms with Crippen LogP contribution < -0.4 is 0 Å². The predicted molar refractivity (Wildman–Crippen MR) is 71.2 cm³/mol. The predicted octanol–water partition coefficient (Wildman–Crippen LogP) is 3.60. The van der Waals surface area contributed by atoms with E-state index in [1.807, 2.05) is 42.5 Å². The molecule has 1 N–H and O–H groups in total. The van der Waals surface area contributed by atoms with Crippen molar-refractivity contribution in [2.24, 2.45) is 0 Å². The second kappa shape index (κ2) is 3.10. The highest BCUT2D eigenvalue weighted by Gasteiger charge is 2.24. The van der Waals surface area contributed by atoms with Crippen molar-refractivity contribution in [2.45, 2.75) is 6.42 Å². The van der Waals surface area contributed by atoms with Crippen molar-refractivity contribution < 1.29 is 9.90 Å². The van der Waals surface area contributed by atoms with Crippen molar-refractivity contribution in [3.63, 3.8) is 0 Å². The van der Waals surface area contributed by atoms with E-state index < -0.39 is 5.97 Å². The second-order valence-electron chi connectivity index (χ2n) is 4.72. The lowest BCUT2D eigenvalue weighted by Gasteiger charge is -2.07. The molecule has 4 bridgehead atoms. The zero-order valence-corrected chi connectivity index (χ0v) is 9.60. The third kappa shape index (κ3) is 1.00. The molecule has 0 atom stereocenters. The summed E-state index contributed by atoms with van der Waals surface area (Å²) in [6.45, 7) is 0. The number of benzene rings is 3. The molecule has 4 rings (SSSR count). The molecule has 0 spiro atoms. The molecule has 2 nitrogen and oxygen atoms in total. The van der Waals surface area contributed by atoms with Crippen LogP contribution >= 0.6 is 0 Å². The van der Waals surface area contributed by atoms with Gasteiger partial charge in [-0.15, -0.1) is 0 Å². The van der Waals surface area contributed by atoms with E-state index in [0.717, 1.165) is 33.5 Å². The van der Waals surface area contributed by atoms with Gasteiger partial charge in [0.1, 0.15) is 0 Å². The number of aromatic carboxylic acids is 1. The van der Waals surface area contributed by atoms with Crippen molar-refractivity contribution >= 4 is 27.5 Å². The van der Waals surface area contributed by atoms with Crippen LogP contribution in [0.2, 0.25) is 0 Å². The van der Waals surface area contributed by atoms with Crippen LogP contribution in [0.3, 0.4) is 0 Å². The molecule has 0 unspecified atom stereocenters. The summed E-state index contributed by atoms with van der Waals surface area (Å²) in [6.07, 6.45) is 0.853. The first-order valence-corrected chi connectivity index (χ1v) is 5.96. The van der Waals surface area contributed by atoms with Crippen LogP contribution in [-0.4, -0.2) is 11.1 Å². The normalized spacial score (nSPS) is 12.7. The van der Waals surface area contributed by atoms with Crippen LogP contribution in [0.1, 0.15) is 21.5 Å². The number of carboxylic acid groups (broad SMARTS) is 1. The van der Waals surface area contributed by atoms with Gasteiger partial charge in [-0.25, -0.2) is 4.79 Å².